The van der Waals surface area contributed by atoms with Gasteiger partial charge in [0.05, 0.1) is 12.0 Å². The van der Waals surface area contributed by atoms with Gasteiger partial charge < -0.3 is 15.5 Å². The van der Waals surface area contributed by atoms with Gasteiger partial charge in [0, 0.05) is 12.1 Å². The van der Waals surface area contributed by atoms with Gasteiger partial charge in [-0.25, -0.2) is 8.78 Å². The fourth-order valence-corrected chi connectivity index (χ4v) is 1.40. The minimum Gasteiger partial charge on any atom is -0.481 e. The minimum absolute atomic E-state index is 0.120. The molecule has 1 aromatic rings. The normalized spacial score (nSPS) is 13.7. The molecule has 0 bridgehead atoms. The van der Waals surface area contributed by atoms with E-state index in [2.05, 4.69) is 5.32 Å². The molecule has 0 aliphatic rings. The average molecular weight is 273 g/mol. The van der Waals surface area contributed by atoms with Crippen molar-refractivity contribution in [2.45, 2.75) is 18.9 Å². The van der Waals surface area contributed by atoms with Gasteiger partial charge >= 0.3 is 5.97 Å². The summed E-state index contributed by atoms with van der Waals surface area (Å²) in [7, 11) is 0. The third-order valence-electron chi connectivity index (χ3n) is 2.34. The van der Waals surface area contributed by atoms with E-state index in [1.54, 1.807) is 0 Å². The molecule has 5 nitrogen and oxygen atoms in total. The molecule has 1 aromatic carbocycles. The Morgan fingerprint density at radius 1 is 1.32 bits per heavy atom. The summed E-state index contributed by atoms with van der Waals surface area (Å²) < 4.78 is 25.6. The third kappa shape index (κ3) is 4.63. The first-order chi connectivity index (χ1) is 8.71. The summed E-state index contributed by atoms with van der Waals surface area (Å²) in [6.07, 6.45) is -0.551. The highest BCUT2D eigenvalue weighted by molar-refractivity contribution is 5.94. The third-order valence-corrected chi connectivity index (χ3v) is 2.34. The lowest BCUT2D eigenvalue weighted by atomic mass is 10.0. The summed E-state index contributed by atoms with van der Waals surface area (Å²) in [4.78, 5) is 22.0. The van der Waals surface area contributed by atoms with Gasteiger partial charge in [-0.15, -0.1) is 0 Å². The number of hydrogen-bond donors (Lipinski definition) is 3. The lowest BCUT2D eigenvalue weighted by Crippen LogP contribution is -2.42. The molecule has 1 rings (SSSR count). The SMILES string of the molecule is CC(O)(CNC(=O)c1ccc(F)c(F)c1)CC(=O)O. The Hall–Kier alpha value is -2.02. The van der Waals surface area contributed by atoms with Gasteiger partial charge in [0.2, 0.25) is 0 Å². The second kappa shape index (κ2) is 5.75. The molecule has 1 amide bonds. The van der Waals surface area contributed by atoms with Crippen molar-refractivity contribution in [2.24, 2.45) is 0 Å². The van der Waals surface area contributed by atoms with Crippen LogP contribution in [-0.2, 0) is 4.79 Å². The molecule has 0 saturated heterocycles. The number of amides is 1. The van der Waals surface area contributed by atoms with E-state index in [4.69, 9.17) is 5.11 Å². The Balaban J connectivity index is 2.65. The van der Waals surface area contributed by atoms with Crippen LogP contribution in [0.5, 0.6) is 0 Å². The molecule has 0 spiro atoms. The maximum absolute atomic E-state index is 12.9. The first kappa shape index (κ1) is 15.0. The van der Waals surface area contributed by atoms with Gasteiger partial charge in [-0.3, -0.25) is 9.59 Å². The van der Waals surface area contributed by atoms with Gasteiger partial charge in [0.25, 0.3) is 5.91 Å². The van der Waals surface area contributed by atoms with Crippen LogP contribution in [-0.4, -0.2) is 34.2 Å². The van der Waals surface area contributed by atoms with Crippen molar-refractivity contribution in [1.82, 2.24) is 5.32 Å². The van der Waals surface area contributed by atoms with Crippen molar-refractivity contribution in [1.29, 1.82) is 0 Å². The zero-order chi connectivity index (χ0) is 14.6. The van der Waals surface area contributed by atoms with Gasteiger partial charge in [0.15, 0.2) is 11.6 Å². The second-order valence-corrected chi connectivity index (χ2v) is 4.38. The highest BCUT2D eigenvalue weighted by Crippen LogP contribution is 2.10. The summed E-state index contributed by atoms with van der Waals surface area (Å²) in [6.45, 7) is 0.920. The zero-order valence-corrected chi connectivity index (χ0v) is 10.1. The molecule has 19 heavy (non-hydrogen) atoms. The van der Waals surface area contributed by atoms with Crippen LogP contribution in [0.4, 0.5) is 8.78 Å². The molecule has 0 heterocycles. The predicted molar refractivity (Wildman–Crippen MR) is 61.6 cm³/mol. The van der Waals surface area contributed by atoms with Crippen molar-refractivity contribution in [3.05, 3.63) is 35.4 Å². The zero-order valence-electron chi connectivity index (χ0n) is 10.1. The van der Waals surface area contributed by atoms with Crippen LogP contribution in [0.25, 0.3) is 0 Å². The number of benzene rings is 1. The number of carbonyl (C=O) groups excluding carboxylic acids is 1. The van der Waals surface area contributed by atoms with Crippen molar-refractivity contribution in [3.63, 3.8) is 0 Å². The number of carboxylic acid groups (broad SMARTS) is 1. The summed E-state index contributed by atoms with van der Waals surface area (Å²) >= 11 is 0. The highest BCUT2D eigenvalue weighted by atomic mass is 19.2. The van der Waals surface area contributed by atoms with Gasteiger partial charge in [0.1, 0.15) is 0 Å². The molecule has 0 aliphatic carbocycles. The first-order valence-electron chi connectivity index (χ1n) is 5.39. The van der Waals surface area contributed by atoms with E-state index < -0.39 is 35.5 Å². The van der Waals surface area contributed by atoms with E-state index in [0.717, 1.165) is 18.2 Å². The van der Waals surface area contributed by atoms with Crippen molar-refractivity contribution in [2.75, 3.05) is 6.54 Å². The van der Waals surface area contributed by atoms with Crippen LogP contribution in [0.3, 0.4) is 0 Å². The van der Waals surface area contributed by atoms with E-state index in [1.165, 1.54) is 6.92 Å². The minimum atomic E-state index is -1.62. The fourth-order valence-electron chi connectivity index (χ4n) is 1.40. The first-order valence-corrected chi connectivity index (χ1v) is 5.39. The molecule has 0 fully saturated rings. The monoisotopic (exact) mass is 273 g/mol. The number of hydrogen-bond acceptors (Lipinski definition) is 3. The predicted octanol–water partition coefficient (Wildman–Crippen LogP) is 0.920. The van der Waals surface area contributed by atoms with Gasteiger partial charge in [-0.05, 0) is 25.1 Å². The largest absolute Gasteiger partial charge is 0.481 e. The van der Waals surface area contributed by atoms with Crippen molar-refractivity contribution < 1.29 is 28.6 Å². The molecule has 1 atom stereocenters. The van der Waals surface area contributed by atoms with Crippen LogP contribution in [0, 0.1) is 11.6 Å². The Bertz CT molecular complexity index is 503. The Morgan fingerprint density at radius 3 is 2.47 bits per heavy atom. The Morgan fingerprint density at radius 2 is 1.95 bits per heavy atom. The molecule has 0 aliphatic heterocycles. The standard InChI is InChI=1S/C12H13F2NO4/c1-12(19,5-10(16)17)6-15-11(18)7-2-3-8(13)9(14)4-7/h2-4,19H,5-6H2,1H3,(H,15,18)(H,16,17). The van der Waals surface area contributed by atoms with Crippen LogP contribution in [0.15, 0.2) is 18.2 Å². The molecule has 0 aromatic heterocycles. The van der Waals surface area contributed by atoms with Crippen LogP contribution < -0.4 is 5.32 Å². The number of rotatable bonds is 5. The van der Waals surface area contributed by atoms with Crippen LogP contribution in [0.1, 0.15) is 23.7 Å². The van der Waals surface area contributed by atoms with Crippen LogP contribution in [0.2, 0.25) is 0 Å². The summed E-state index contributed by atoms with van der Waals surface area (Å²) in [6, 6.07) is 2.61. The van der Waals surface area contributed by atoms with E-state index in [9.17, 15) is 23.5 Å². The topological polar surface area (TPSA) is 86.6 Å². The van der Waals surface area contributed by atoms with E-state index in [-0.39, 0.29) is 12.1 Å². The highest BCUT2D eigenvalue weighted by Gasteiger charge is 2.25. The fraction of sp³-hybridized carbons (Fsp3) is 0.333. The molecule has 7 heteroatoms. The lowest BCUT2D eigenvalue weighted by Gasteiger charge is -2.21. The number of nitrogens with one attached hydrogen (secondary N) is 1. The quantitative estimate of drug-likeness (QED) is 0.744. The molecule has 104 valence electrons. The van der Waals surface area contributed by atoms with Crippen LogP contribution >= 0.6 is 0 Å². The maximum atomic E-state index is 12.9. The molecular weight excluding hydrogens is 260 g/mol. The summed E-state index contributed by atoms with van der Waals surface area (Å²) in [5.41, 5.74) is -1.75. The number of carboxylic acids is 1. The Kier molecular flexibility index (Phi) is 4.55. The van der Waals surface area contributed by atoms with Gasteiger partial charge in [-0.2, -0.15) is 0 Å². The number of aliphatic hydroxyl groups is 1. The number of carbonyl (C=O) groups is 2. The van der Waals surface area contributed by atoms with E-state index in [0.29, 0.717) is 0 Å². The maximum Gasteiger partial charge on any atom is 0.306 e. The average Bonchev–Trinajstić information content (AvgIpc) is 2.28. The van der Waals surface area contributed by atoms with E-state index in [1.807, 2.05) is 0 Å². The van der Waals surface area contributed by atoms with Crippen molar-refractivity contribution >= 4 is 11.9 Å². The lowest BCUT2D eigenvalue weighted by molar-refractivity contribution is -0.141. The smallest absolute Gasteiger partial charge is 0.306 e. The molecule has 3 N–H and O–H groups in total. The number of aliphatic carboxylic acids is 1. The number of halogens is 2. The second-order valence-electron chi connectivity index (χ2n) is 4.38. The van der Waals surface area contributed by atoms with Crippen molar-refractivity contribution in [3.8, 4) is 0 Å². The molecular formula is C12H13F2NO4. The molecule has 1 unspecified atom stereocenters. The molecule has 0 radical (unpaired) electrons. The molecule has 0 saturated carbocycles. The summed E-state index contributed by atoms with van der Waals surface area (Å²) in [5, 5.41) is 20.4. The Labute approximate surface area is 107 Å². The van der Waals surface area contributed by atoms with Gasteiger partial charge in [-0.1, -0.05) is 0 Å². The van der Waals surface area contributed by atoms with E-state index >= 15 is 0 Å². The summed E-state index contributed by atoms with van der Waals surface area (Å²) in [5.74, 6) is -4.18.